The van der Waals surface area contributed by atoms with Crippen LogP contribution in [0, 0.1) is 0 Å². The molecule has 92 valence electrons. The van der Waals surface area contributed by atoms with E-state index >= 15 is 0 Å². The fourth-order valence-electron chi connectivity index (χ4n) is 1.88. The molecule has 0 saturated heterocycles. The van der Waals surface area contributed by atoms with Crippen molar-refractivity contribution < 1.29 is 9.53 Å². The summed E-state index contributed by atoms with van der Waals surface area (Å²) in [4.78, 5) is 12.9. The summed E-state index contributed by atoms with van der Waals surface area (Å²) >= 11 is 1.68. The number of hydrogen-bond donors (Lipinski definition) is 0. The van der Waals surface area contributed by atoms with Crippen LogP contribution in [0.3, 0.4) is 0 Å². The summed E-state index contributed by atoms with van der Waals surface area (Å²) in [7, 11) is 0. The van der Waals surface area contributed by atoms with Crippen LogP contribution in [0.1, 0.15) is 23.1 Å². The van der Waals surface area contributed by atoms with Crippen LogP contribution < -0.4 is 0 Å². The Kier molecular flexibility index (Phi) is 2.79. The van der Waals surface area contributed by atoms with Gasteiger partial charge in [0, 0.05) is 10.6 Å². The number of ether oxygens (including phenoxy) is 1. The molecule has 0 saturated carbocycles. The molecule has 2 heterocycles. The molecule has 6 heteroatoms. The van der Waals surface area contributed by atoms with Gasteiger partial charge in [0.15, 0.2) is 5.69 Å². The van der Waals surface area contributed by atoms with Gasteiger partial charge in [0.05, 0.1) is 18.0 Å². The zero-order valence-corrected chi connectivity index (χ0v) is 10.6. The lowest BCUT2D eigenvalue weighted by Gasteiger charge is -2.16. The molecule has 0 N–H and O–H groups in total. The van der Waals surface area contributed by atoms with Crippen molar-refractivity contribution in [2.45, 2.75) is 17.6 Å². The third kappa shape index (κ3) is 1.69. The molecule has 1 aromatic heterocycles. The summed E-state index contributed by atoms with van der Waals surface area (Å²) < 4.78 is 6.70. The van der Waals surface area contributed by atoms with Crippen LogP contribution in [0.4, 0.5) is 0 Å². The van der Waals surface area contributed by atoms with Gasteiger partial charge in [-0.15, -0.1) is 16.9 Å². The molecule has 2 aromatic rings. The summed E-state index contributed by atoms with van der Waals surface area (Å²) in [5.74, 6) is 0.275. The monoisotopic (exact) mass is 261 g/mol. The molecule has 0 amide bonds. The Morgan fingerprint density at radius 2 is 2.33 bits per heavy atom. The van der Waals surface area contributed by atoms with E-state index < -0.39 is 5.97 Å². The third-order valence-corrected chi connectivity index (χ3v) is 3.76. The lowest BCUT2D eigenvalue weighted by molar-refractivity contribution is 0.0518. The SMILES string of the molecule is CCOC(=O)c1nnn2c1CSc1ccccc1-2. The maximum atomic E-state index is 11.7. The maximum Gasteiger partial charge on any atom is 0.360 e. The molecular weight excluding hydrogens is 250 g/mol. The van der Waals surface area contributed by atoms with Crippen molar-refractivity contribution in [3.63, 3.8) is 0 Å². The summed E-state index contributed by atoms with van der Waals surface area (Å²) in [6.07, 6.45) is 0. The molecule has 3 rings (SSSR count). The molecule has 1 aromatic carbocycles. The molecule has 0 spiro atoms. The fraction of sp³-hybridized carbons (Fsp3) is 0.250. The van der Waals surface area contributed by atoms with Gasteiger partial charge in [-0.2, -0.15) is 0 Å². The van der Waals surface area contributed by atoms with Gasteiger partial charge in [0.1, 0.15) is 0 Å². The van der Waals surface area contributed by atoms with E-state index in [1.54, 1.807) is 23.4 Å². The van der Waals surface area contributed by atoms with Gasteiger partial charge in [-0.05, 0) is 19.1 Å². The van der Waals surface area contributed by atoms with E-state index in [1.165, 1.54) is 0 Å². The van der Waals surface area contributed by atoms with Crippen molar-refractivity contribution in [3.8, 4) is 5.69 Å². The van der Waals surface area contributed by atoms with Crippen molar-refractivity contribution in [2.75, 3.05) is 6.61 Å². The predicted octanol–water partition coefficient (Wildman–Crippen LogP) is 2.05. The van der Waals surface area contributed by atoms with Crippen LogP contribution in [-0.4, -0.2) is 27.6 Å². The van der Waals surface area contributed by atoms with Gasteiger partial charge < -0.3 is 4.74 Å². The first-order chi connectivity index (χ1) is 8.81. The van der Waals surface area contributed by atoms with Gasteiger partial charge in [-0.3, -0.25) is 0 Å². The van der Waals surface area contributed by atoms with E-state index in [2.05, 4.69) is 10.3 Å². The lowest BCUT2D eigenvalue weighted by atomic mass is 10.3. The van der Waals surface area contributed by atoms with E-state index in [1.807, 2.05) is 24.3 Å². The Bertz CT molecular complexity index is 609. The first-order valence-corrected chi connectivity index (χ1v) is 6.63. The second-order valence-electron chi connectivity index (χ2n) is 3.77. The molecule has 5 nitrogen and oxygen atoms in total. The molecular formula is C12H11N3O2S. The highest BCUT2D eigenvalue weighted by atomic mass is 32.2. The molecule has 0 aliphatic carbocycles. The molecule has 1 aliphatic heterocycles. The number of nitrogens with zero attached hydrogens (tertiary/aromatic N) is 3. The smallest absolute Gasteiger partial charge is 0.360 e. The van der Waals surface area contributed by atoms with Crippen molar-refractivity contribution in [2.24, 2.45) is 0 Å². The van der Waals surface area contributed by atoms with E-state index in [-0.39, 0.29) is 0 Å². The summed E-state index contributed by atoms with van der Waals surface area (Å²) in [6.45, 7) is 2.12. The minimum atomic E-state index is -0.404. The zero-order chi connectivity index (χ0) is 12.5. The number of aromatic nitrogens is 3. The highest BCUT2D eigenvalue weighted by Crippen LogP contribution is 2.35. The summed E-state index contributed by atoms with van der Waals surface area (Å²) in [6, 6.07) is 7.93. The molecule has 0 radical (unpaired) electrons. The van der Waals surface area contributed by atoms with Crippen LogP contribution in [0.2, 0.25) is 0 Å². The summed E-state index contributed by atoms with van der Waals surface area (Å²) in [5.41, 5.74) is 2.09. The van der Waals surface area contributed by atoms with Crippen LogP contribution in [-0.2, 0) is 10.5 Å². The standard InChI is InChI=1S/C12H11N3O2S/c1-2-17-12(16)11-9-7-18-10-6-4-3-5-8(10)15(9)14-13-11/h3-6H,2,7H2,1H3. The zero-order valence-electron chi connectivity index (χ0n) is 9.79. The van der Waals surface area contributed by atoms with E-state index in [4.69, 9.17) is 4.74 Å². The van der Waals surface area contributed by atoms with Crippen LogP contribution >= 0.6 is 11.8 Å². The number of esters is 1. The van der Waals surface area contributed by atoms with Crippen molar-refractivity contribution in [1.82, 2.24) is 15.0 Å². The van der Waals surface area contributed by atoms with Gasteiger partial charge in [-0.1, -0.05) is 17.3 Å². The Morgan fingerprint density at radius 3 is 3.17 bits per heavy atom. The molecule has 18 heavy (non-hydrogen) atoms. The lowest BCUT2D eigenvalue weighted by Crippen LogP contribution is -2.12. The first-order valence-electron chi connectivity index (χ1n) is 5.65. The molecule has 0 bridgehead atoms. The normalized spacial score (nSPS) is 12.7. The van der Waals surface area contributed by atoms with E-state index in [0.29, 0.717) is 18.1 Å². The Hall–Kier alpha value is -1.82. The highest BCUT2D eigenvalue weighted by molar-refractivity contribution is 7.98. The van der Waals surface area contributed by atoms with Gasteiger partial charge in [0.2, 0.25) is 0 Å². The number of hydrogen-bond acceptors (Lipinski definition) is 5. The van der Waals surface area contributed by atoms with Gasteiger partial charge in [-0.25, -0.2) is 9.48 Å². The third-order valence-electron chi connectivity index (χ3n) is 2.69. The average Bonchev–Trinajstić information content (AvgIpc) is 2.83. The van der Waals surface area contributed by atoms with Crippen LogP contribution in [0.15, 0.2) is 29.2 Å². The average molecular weight is 261 g/mol. The maximum absolute atomic E-state index is 11.7. The minimum absolute atomic E-state index is 0.318. The summed E-state index contributed by atoms with van der Waals surface area (Å²) in [5, 5.41) is 7.99. The number of carbonyl (C=O) groups excluding carboxylic acids is 1. The highest BCUT2D eigenvalue weighted by Gasteiger charge is 2.25. The number of fused-ring (bicyclic) bond motifs is 3. The van der Waals surface area contributed by atoms with Crippen molar-refractivity contribution >= 4 is 17.7 Å². The number of rotatable bonds is 2. The quantitative estimate of drug-likeness (QED) is 0.774. The van der Waals surface area contributed by atoms with Gasteiger partial charge in [0.25, 0.3) is 0 Å². The predicted molar refractivity (Wildman–Crippen MR) is 66.9 cm³/mol. The van der Waals surface area contributed by atoms with E-state index in [9.17, 15) is 4.79 Å². The minimum Gasteiger partial charge on any atom is -0.461 e. The van der Waals surface area contributed by atoms with Gasteiger partial charge >= 0.3 is 5.97 Å². The second-order valence-corrected chi connectivity index (χ2v) is 4.79. The fourth-order valence-corrected chi connectivity index (χ4v) is 2.91. The number of para-hydroxylation sites is 1. The number of benzene rings is 1. The molecule has 0 atom stereocenters. The van der Waals surface area contributed by atoms with Crippen LogP contribution in [0.25, 0.3) is 5.69 Å². The Labute approximate surface area is 108 Å². The largest absolute Gasteiger partial charge is 0.461 e. The molecule has 0 unspecified atom stereocenters. The number of carbonyl (C=O) groups is 1. The van der Waals surface area contributed by atoms with Crippen molar-refractivity contribution in [3.05, 3.63) is 35.7 Å². The molecule has 0 fully saturated rings. The molecule has 1 aliphatic rings. The number of thioether (sulfide) groups is 1. The Morgan fingerprint density at radius 1 is 1.50 bits per heavy atom. The topological polar surface area (TPSA) is 57.0 Å². The second kappa shape index (κ2) is 4.45. The Balaban J connectivity index is 2.07. The first kappa shape index (κ1) is 11.3. The van der Waals surface area contributed by atoms with E-state index in [0.717, 1.165) is 16.3 Å². The van der Waals surface area contributed by atoms with Crippen molar-refractivity contribution in [1.29, 1.82) is 0 Å². The van der Waals surface area contributed by atoms with Crippen LogP contribution in [0.5, 0.6) is 0 Å².